The first-order chi connectivity index (χ1) is 8.57. The molecule has 1 rings (SSSR count). The third-order valence-electron chi connectivity index (χ3n) is 2.80. The lowest BCUT2D eigenvalue weighted by Crippen LogP contribution is -2.42. The molecule has 5 nitrogen and oxygen atoms in total. The Kier molecular flexibility index (Phi) is 6.01. The second-order valence-electron chi connectivity index (χ2n) is 4.60. The predicted molar refractivity (Wildman–Crippen MR) is 69.0 cm³/mol. The fraction of sp³-hybridized carbons (Fsp3) is 0.692. The number of rotatable bonds is 8. The van der Waals surface area contributed by atoms with Crippen LogP contribution in [0.4, 0.5) is 0 Å². The molecule has 1 aliphatic rings. The highest BCUT2D eigenvalue weighted by molar-refractivity contribution is 6.05. The number of likely N-dealkylation sites (tertiary alicyclic amines) is 1. The normalized spacial score (nSPS) is 19.9. The van der Waals surface area contributed by atoms with E-state index in [1.807, 2.05) is 13.8 Å². The number of carbonyl (C=O) groups excluding carboxylic acids is 2. The van der Waals surface area contributed by atoms with Gasteiger partial charge < -0.3 is 10.1 Å². The van der Waals surface area contributed by atoms with E-state index in [0.29, 0.717) is 19.8 Å². The van der Waals surface area contributed by atoms with Gasteiger partial charge in [0.15, 0.2) is 0 Å². The quantitative estimate of drug-likeness (QED) is 0.393. The molecule has 1 saturated heterocycles. The number of nitrogens with zero attached hydrogens (tertiary/aromatic N) is 1. The Labute approximate surface area is 108 Å². The minimum atomic E-state index is -0.386. The van der Waals surface area contributed by atoms with Gasteiger partial charge in [0.2, 0.25) is 11.8 Å². The van der Waals surface area contributed by atoms with Crippen LogP contribution < -0.4 is 5.32 Å². The van der Waals surface area contributed by atoms with Crippen LogP contribution in [-0.4, -0.2) is 48.6 Å². The van der Waals surface area contributed by atoms with Crippen LogP contribution in [0.25, 0.3) is 0 Å². The second kappa shape index (κ2) is 7.28. The minimum absolute atomic E-state index is 0.0689. The van der Waals surface area contributed by atoms with Gasteiger partial charge in [-0.05, 0) is 20.3 Å². The Bertz CT molecular complexity index is 315. The molecule has 0 aromatic rings. The first-order valence-electron chi connectivity index (χ1n) is 6.35. The third-order valence-corrected chi connectivity index (χ3v) is 2.80. The van der Waals surface area contributed by atoms with Crippen molar-refractivity contribution in [2.45, 2.75) is 38.8 Å². The van der Waals surface area contributed by atoms with Gasteiger partial charge in [-0.3, -0.25) is 14.5 Å². The number of hydrogen-bond donors (Lipinski definition) is 1. The molecule has 1 unspecified atom stereocenters. The van der Waals surface area contributed by atoms with E-state index in [-0.39, 0.29) is 30.3 Å². The van der Waals surface area contributed by atoms with Crippen LogP contribution in [-0.2, 0) is 14.3 Å². The summed E-state index contributed by atoms with van der Waals surface area (Å²) in [7, 11) is 0. The highest BCUT2D eigenvalue weighted by Crippen LogP contribution is 2.15. The van der Waals surface area contributed by atoms with Crippen molar-refractivity contribution in [2.75, 3.05) is 19.8 Å². The molecule has 1 heterocycles. The average Bonchev–Trinajstić information content (AvgIpc) is 2.59. The molecule has 1 atom stereocenters. The summed E-state index contributed by atoms with van der Waals surface area (Å²) in [6.45, 7) is 9.04. The molecule has 0 aromatic heterocycles. The molecule has 0 aromatic carbocycles. The molecule has 2 amide bonds. The number of amides is 2. The summed E-state index contributed by atoms with van der Waals surface area (Å²) < 4.78 is 5.33. The van der Waals surface area contributed by atoms with E-state index >= 15 is 0 Å². The van der Waals surface area contributed by atoms with Gasteiger partial charge in [0, 0.05) is 12.6 Å². The van der Waals surface area contributed by atoms with Crippen molar-refractivity contribution in [2.24, 2.45) is 0 Å². The van der Waals surface area contributed by atoms with E-state index < -0.39 is 0 Å². The molecular formula is C13H22N2O3. The zero-order valence-corrected chi connectivity index (χ0v) is 11.1. The molecule has 102 valence electrons. The van der Waals surface area contributed by atoms with E-state index in [0.717, 1.165) is 6.42 Å². The third kappa shape index (κ3) is 3.92. The predicted octanol–water partition coefficient (Wildman–Crippen LogP) is 0.705. The molecule has 0 bridgehead atoms. The lowest BCUT2D eigenvalue weighted by Gasteiger charge is -2.19. The van der Waals surface area contributed by atoms with Gasteiger partial charge in [0.25, 0.3) is 0 Å². The van der Waals surface area contributed by atoms with Gasteiger partial charge in [-0.25, -0.2) is 0 Å². The number of nitrogens with one attached hydrogen (secondary N) is 1. The van der Waals surface area contributed by atoms with Gasteiger partial charge in [-0.1, -0.05) is 6.08 Å². The summed E-state index contributed by atoms with van der Waals surface area (Å²) in [4.78, 5) is 24.9. The number of ether oxygens (including phenoxy) is 1. The molecule has 18 heavy (non-hydrogen) atoms. The van der Waals surface area contributed by atoms with Gasteiger partial charge in [-0.15, -0.1) is 6.58 Å². The lowest BCUT2D eigenvalue weighted by molar-refractivity contribution is -0.140. The summed E-state index contributed by atoms with van der Waals surface area (Å²) in [5, 5.41) is 3.06. The second-order valence-corrected chi connectivity index (χ2v) is 4.60. The molecular weight excluding hydrogens is 232 g/mol. The van der Waals surface area contributed by atoms with Gasteiger partial charge >= 0.3 is 0 Å². The summed E-state index contributed by atoms with van der Waals surface area (Å²) in [5.41, 5.74) is 0. The van der Waals surface area contributed by atoms with Crippen molar-refractivity contribution in [1.29, 1.82) is 0 Å². The van der Waals surface area contributed by atoms with E-state index in [2.05, 4.69) is 11.9 Å². The van der Waals surface area contributed by atoms with Crippen molar-refractivity contribution < 1.29 is 14.3 Å². The number of hydrogen-bond acceptors (Lipinski definition) is 4. The maximum atomic E-state index is 11.9. The molecule has 1 N–H and O–H groups in total. The molecule has 5 heteroatoms. The van der Waals surface area contributed by atoms with Crippen LogP contribution in [0, 0.1) is 0 Å². The van der Waals surface area contributed by atoms with Crippen molar-refractivity contribution in [3.63, 3.8) is 0 Å². The van der Waals surface area contributed by atoms with Gasteiger partial charge in [0.05, 0.1) is 25.7 Å². The molecule has 0 radical (unpaired) electrons. The first kappa shape index (κ1) is 14.9. The topological polar surface area (TPSA) is 58.6 Å². The monoisotopic (exact) mass is 254 g/mol. The van der Waals surface area contributed by atoms with Crippen molar-refractivity contribution in [1.82, 2.24) is 10.2 Å². The number of carbonyl (C=O) groups is 2. The molecule has 0 aliphatic carbocycles. The van der Waals surface area contributed by atoms with Crippen LogP contribution in [0.15, 0.2) is 12.7 Å². The van der Waals surface area contributed by atoms with Crippen molar-refractivity contribution in [3.05, 3.63) is 12.7 Å². The highest BCUT2D eigenvalue weighted by atomic mass is 16.5. The minimum Gasteiger partial charge on any atom is -0.380 e. The van der Waals surface area contributed by atoms with Crippen LogP contribution in [0.1, 0.15) is 26.7 Å². The Morgan fingerprint density at radius 2 is 2.22 bits per heavy atom. The first-order valence-corrected chi connectivity index (χ1v) is 6.35. The van der Waals surface area contributed by atoms with Crippen molar-refractivity contribution >= 4 is 11.8 Å². The summed E-state index contributed by atoms with van der Waals surface area (Å²) >= 11 is 0. The maximum absolute atomic E-state index is 11.9. The Morgan fingerprint density at radius 3 is 2.78 bits per heavy atom. The van der Waals surface area contributed by atoms with Crippen molar-refractivity contribution in [3.8, 4) is 0 Å². The molecule has 0 spiro atoms. The molecule has 1 fully saturated rings. The molecule has 1 aliphatic heterocycles. The summed E-state index contributed by atoms with van der Waals surface area (Å²) in [6.07, 6.45) is 2.87. The van der Waals surface area contributed by atoms with E-state index in [1.165, 1.54) is 4.90 Å². The zero-order valence-electron chi connectivity index (χ0n) is 11.1. The average molecular weight is 254 g/mol. The molecule has 0 saturated carbocycles. The summed E-state index contributed by atoms with van der Waals surface area (Å²) in [5.74, 6) is -0.221. The van der Waals surface area contributed by atoms with Crippen LogP contribution in [0.2, 0.25) is 0 Å². The van der Waals surface area contributed by atoms with Gasteiger partial charge in [0.1, 0.15) is 0 Å². The van der Waals surface area contributed by atoms with E-state index in [9.17, 15) is 9.59 Å². The number of imide groups is 1. The Hall–Kier alpha value is -1.20. The SMILES string of the molecule is C=CCCOCCNC1CC(=O)N(C(C)C)C1=O. The van der Waals surface area contributed by atoms with Gasteiger partial charge in [-0.2, -0.15) is 0 Å². The van der Waals surface area contributed by atoms with E-state index in [1.54, 1.807) is 6.08 Å². The maximum Gasteiger partial charge on any atom is 0.247 e. The fourth-order valence-electron chi connectivity index (χ4n) is 1.93. The Balaban J connectivity index is 2.26. The van der Waals surface area contributed by atoms with Crippen LogP contribution in [0.5, 0.6) is 0 Å². The largest absolute Gasteiger partial charge is 0.380 e. The fourth-order valence-corrected chi connectivity index (χ4v) is 1.93. The van der Waals surface area contributed by atoms with Crippen LogP contribution >= 0.6 is 0 Å². The lowest BCUT2D eigenvalue weighted by atomic mass is 10.2. The zero-order chi connectivity index (χ0) is 13.5. The summed E-state index contributed by atoms with van der Waals surface area (Å²) in [6, 6.07) is -0.455. The highest BCUT2D eigenvalue weighted by Gasteiger charge is 2.39. The smallest absolute Gasteiger partial charge is 0.247 e. The van der Waals surface area contributed by atoms with Crippen LogP contribution in [0.3, 0.4) is 0 Å². The van der Waals surface area contributed by atoms with E-state index in [4.69, 9.17) is 4.74 Å². The standard InChI is InChI=1S/C13H22N2O3/c1-4-5-7-18-8-6-14-11-9-12(16)15(10(2)3)13(11)17/h4,10-11,14H,1,5-9H2,2-3H3. The Morgan fingerprint density at radius 1 is 1.50 bits per heavy atom.